The molecule has 2 heterocycles. The maximum Gasteiger partial charge on any atom is 0.240 e. The molecule has 0 aliphatic rings. The molecule has 0 saturated carbocycles. The summed E-state index contributed by atoms with van der Waals surface area (Å²) in [6, 6.07) is 10.2. The molecular weight excluding hydrogens is 240 g/mol. The van der Waals surface area contributed by atoms with Gasteiger partial charge in [0.1, 0.15) is 0 Å². The number of pyridine rings is 1. The Kier molecular flexibility index (Phi) is 3.20. The first-order valence-corrected chi connectivity index (χ1v) is 6.15. The number of para-hydroxylation sites is 1. The van der Waals surface area contributed by atoms with E-state index in [-0.39, 0.29) is 0 Å². The highest BCUT2D eigenvalue weighted by atomic mass is 16.5. The number of hydrogen-bond donors (Lipinski definition) is 1. The fourth-order valence-electron chi connectivity index (χ4n) is 2.03. The van der Waals surface area contributed by atoms with Gasteiger partial charge < -0.3 is 9.84 Å². The van der Waals surface area contributed by atoms with Crippen molar-refractivity contribution in [1.29, 1.82) is 0 Å². The second-order valence-electron chi connectivity index (χ2n) is 4.33. The van der Waals surface area contributed by atoms with Crippen LogP contribution >= 0.6 is 0 Å². The predicted octanol–water partition coefficient (Wildman–Crippen LogP) is 2.22. The fourth-order valence-corrected chi connectivity index (χ4v) is 2.03. The third-order valence-corrected chi connectivity index (χ3v) is 2.88. The first-order valence-electron chi connectivity index (χ1n) is 6.15. The van der Waals surface area contributed by atoms with Crippen LogP contribution in [0.1, 0.15) is 17.3 Å². The predicted molar refractivity (Wildman–Crippen MR) is 71.3 cm³/mol. The molecule has 0 amide bonds. The SMILES string of the molecule is Cc1noc(CNCc2cccc3cccnc23)n1. The second-order valence-corrected chi connectivity index (χ2v) is 4.33. The minimum atomic E-state index is 0.560. The molecule has 3 aromatic rings. The summed E-state index contributed by atoms with van der Waals surface area (Å²) < 4.78 is 5.05. The minimum Gasteiger partial charge on any atom is -0.338 e. The van der Waals surface area contributed by atoms with Gasteiger partial charge in [-0.15, -0.1) is 0 Å². The van der Waals surface area contributed by atoms with Crippen molar-refractivity contribution in [2.75, 3.05) is 0 Å². The normalized spacial score (nSPS) is 11.0. The Morgan fingerprint density at radius 2 is 2.05 bits per heavy atom. The summed E-state index contributed by atoms with van der Waals surface area (Å²) in [6.45, 7) is 3.08. The second kappa shape index (κ2) is 5.16. The van der Waals surface area contributed by atoms with E-state index in [9.17, 15) is 0 Å². The zero-order chi connectivity index (χ0) is 13.1. The van der Waals surface area contributed by atoms with Crippen LogP contribution in [0.3, 0.4) is 0 Å². The van der Waals surface area contributed by atoms with Gasteiger partial charge in [0.25, 0.3) is 0 Å². The van der Waals surface area contributed by atoms with Gasteiger partial charge >= 0.3 is 0 Å². The zero-order valence-electron chi connectivity index (χ0n) is 10.6. The molecule has 0 saturated heterocycles. The van der Waals surface area contributed by atoms with Gasteiger partial charge in [-0.1, -0.05) is 29.4 Å². The van der Waals surface area contributed by atoms with E-state index in [0.29, 0.717) is 18.3 Å². The minimum absolute atomic E-state index is 0.560. The van der Waals surface area contributed by atoms with Crippen LogP contribution in [0.2, 0.25) is 0 Å². The molecule has 0 spiro atoms. The number of aryl methyl sites for hydroxylation is 1. The Hall–Kier alpha value is -2.27. The number of nitrogens with zero attached hydrogens (tertiary/aromatic N) is 3. The fraction of sp³-hybridized carbons (Fsp3) is 0.214. The van der Waals surface area contributed by atoms with E-state index in [0.717, 1.165) is 23.0 Å². The molecule has 1 aromatic carbocycles. The maximum atomic E-state index is 5.05. The summed E-state index contributed by atoms with van der Waals surface area (Å²) in [5.74, 6) is 1.26. The van der Waals surface area contributed by atoms with E-state index in [1.165, 1.54) is 0 Å². The molecule has 0 radical (unpaired) electrons. The molecule has 0 atom stereocenters. The summed E-state index contributed by atoms with van der Waals surface area (Å²) in [5, 5.41) is 8.19. The standard InChI is InChI=1S/C14H14N4O/c1-10-17-13(19-18-10)9-15-8-12-5-2-4-11-6-3-7-16-14(11)12/h2-7,15H,8-9H2,1H3. The number of benzene rings is 1. The van der Waals surface area contributed by atoms with Crippen molar-refractivity contribution < 1.29 is 4.52 Å². The molecule has 0 fully saturated rings. The zero-order valence-corrected chi connectivity index (χ0v) is 10.6. The Labute approximate surface area is 110 Å². The Morgan fingerprint density at radius 1 is 1.16 bits per heavy atom. The number of fused-ring (bicyclic) bond motifs is 1. The summed E-state index contributed by atoms with van der Waals surface area (Å²) in [7, 11) is 0. The molecule has 2 aromatic heterocycles. The molecule has 0 unspecified atom stereocenters. The highest BCUT2D eigenvalue weighted by Crippen LogP contribution is 2.15. The molecule has 1 N–H and O–H groups in total. The van der Waals surface area contributed by atoms with Gasteiger partial charge in [0.15, 0.2) is 5.82 Å². The maximum absolute atomic E-state index is 5.05. The van der Waals surface area contributed by atoms with Crippen molar-refractivity contribution in [3.8, 4) is 0 Å². The van der Waals surface area contributed by atoms with E-state index in [2.05, 4.69) is 38.6 Å². The van der Waals surface area contributed by atoms with Crippen molar-refractivity contribution in [2.45, 2.75) is 20.0 Å². The van der Waals surface area contributed by atoms with Gasteiger partial charge in [0.2, 0.25) is 5.89 Å². The van der Waals surface area contributed by atoms with Crippen LogP contribution in [-0.2, 0) is 13.1 Å². The van der Waals surface area contributed by atoms with Crippen LogP contribution in [0.4, 0.5) is 0 Å². The van der Waals surface area contributed by atoms with Crippen LogP contribution < -0.4 is 5.32 Å². The van der Waals surface area contributed by atoms with E-state index in [4.69, 9.17) is 4.52 Å². The first kappa shape index (κ1) is 11.8. The molecule has 5 nitrogen and oxygen atoms in total. The van der Waals surface area contributed by atoms with Crippen LogP contribution in [-0.4, -0.2) is 15.1 Å². The summed E-state index contributed by atoms with van der Waals surface area (Å²) in [4.78, 5) is 8.57. The lowest BCUT2D eigenvalue weighted by atomic mass is 10.1. The van der Waals surface area contributed by atoms with Crippen molar-refractivity contribution >= 4 is 10.9 Å². The highest BCUT2D eigenvalue weighted by molar-refractivity contribution is 5.81. The Bertz CT molecular complexity index is 687. The molecule has 96 valence electrons. The van der Waals surface area contributed by atoms with Crippen molar-refractivity contribution in [1.82, 2.24) is 20.4 Å². The summed E-state index contributed by atoms with van der Waals surface area (Å²) in [5.41, 5.74) is 2.19. The lowest BCUT2D eigenvalue weighted by Gasteiger charge is -2.05. The van der Waals surface area contributed by atoms with Crippen LogP contribution in [0.5, 0.6) is 0 Å². The average molecular weight is 254 g/mol. The van der Waals surface area contributed by atoms with E-state index >= 15 is 0 Å². The average Bonchev–Trinajstić information content (AvgIpc) is 2.85. The lowest BCUT2D eigenvalue weighted by molar-refractivity contribution is 0.364. The molecule has 0 aliphatic heterocycles. The van der Waals surface area contributed by atoms with E-state index < -0.39 is 0 Å². The summed E-state index contributed by atoms with van der Waals surface area (Å²) >= 11 is 0. The van der Waals surface area contributed by atoms with Crippen molar-refractivity contribution in [2.24, 2.45) is 0 Å². The van der Waals surface area contributed by atoms with E-state index in [1.807, 2.05) is 25.3 Å². The van der Waals surface area contributed by atoms with Crippen LogP contribution in [0.15, 0.2) is 41.1 Å². The van der Waals surface area contributed by atoms with Crippen molar-refractivity contribution in [3.05, 3.63) is 53.8 Å². The van der Waals surface area contributed by atoms with Gasteiger partial charge in [-0.25, -0.2) is 0 Å². The summed E-state index contributed by atoms with van der Waals surface area (Å²) in [6.07, 6.45) is 1.81. The monoisotopic (exact) mass is 254 g/mol. The molecule has 19 heavy (non-hydrogen) atoms. The molecule has 0 bridgehead atoms. The number of hydrogen-bond acceptors (Lipinski definition) is 5. The van der Waals surface area contributed by atoms with Crippen LogP contribution in [0, 0.1) is 6.92 Å². The molecule has 3 rings (SSSR count). The third-order valence-electron chi connectivity index (χ3n) is 2.88. The number of aromatic nitrogens is 3. The van der Waals surface area contributed by atoms with Gasteiger partial charge in [-0.2, -0.15) is 4.98 Å². The quantitative estimate of drug-likeness (QED) is 0.773. The first-order chi connectivity index (χ1) is 9.33. The smallest absolute Gasteiger partial charge is 0.240 e. The Morgan fingerprint density at radius 3 is 2.89 bits per heavy atom. The molecule has 0 aliphatic carbocycles. The Balaban J connectivity index is 1.71. The van der Waals surface area contributed by atoms with Gasteiger partial charge in [0, 0.05) is 18.1 Å². The largest absolute Gasteiger partial charge is 0.338 e. The van der Waals surface area contributed by atoms with Gasteiger partial charge in [0.05, 0.1) is 12.1 Å². The molecular formula is C14H14N4O. The number of rotatable bonds is 4. The third kappa shape index (κ3) is 2.61. The van der Waals surface area contributed by atoms with Gasteiger partial charge in [-0.05, 0) is 18.6 Å². The molecule has 5 heteroatoms. The lowest BCUT2D eigenvalue weighted by Crippen LogP contribution is -2.13. The van der Waals surface area contributed by atoms with E-state index in [1.54, 1.807) is 0 Å². The van der Waals surface area contributed by atoms with Crippen molar-refractivity contribution in [3.63, 3.8) is 0 Å². The number of nitrogens with one attached hydrogen (secondary N) is 1. The topological polar surface area (TPSA) is 63.8 Å². The highest BCUT2D eigenvalue weighted by Gasteiger charge is 2.04. The van der Waals surface area contributed by atoms with Crippen LogP contribution in [0.25, 0.3) is 10.9 Å². The van der Waals surface area contributed by atoms with Gasteiger partial charge in [-0.3, -0.25) is 4.98 Å².